The summed E-state index contributed by atoms with van der Waals surface area (Å²) < 4.78 is 66.0. The lowest BCUT2D eigenvalue weighted by Gasteiger charge is -2.38. The molecule has 5 atom stereocenters. The fraction of sp³-hybridized carbons (Fsp3) is 0.500. The normalized spacial score (nSPS) is 23.9. The first-order chi connectivity index (χ1) is 17.4. The van der Waals surface area contributed by atoms with E-state index >= 15 is 0 Å². The summed E-state index contributed by atoms with van der Waals surface area (Å²) in [5.41, 5.74) is 3.96. The Bertz CT molecular complexity index is 1110. The number of ether oxygens (including phenoxy) is 2. The molecular weight excluding hydrogens is 506 g/mol. The van der Waals surface area contributed by atoms with E-state index in [1.165, 1.54) is 31.2 Å². The van der Waals surface area contributed by atoms with Gasteiger partial charge in [-0.15, -0.1) is 5.10 Å². The van der Waals surface area contributed by atoms with Crippen molar-refractivity contribution in [2.24, 2.45) is 16.8 Å². The van der Waals surface area contributed by atoms with Crippen molar-refractivity contribution in [3.63, 3.8) is 0 Å². The average molecular weight is 531 g/mol. The van der Waals surface area contributed by atoms with Crippen LogP contribution in [0.2, 0.25) is 0 Å². The summed E-state index contributed by atoms with van der Waals surface area (Å²) in [6.07, 6.45) is -11.5. The number of rotatable bonds is 10. The van der Waals surface area contributed by atoms with E-state index in [0.717, 1.165) is 0 Å². The molecular formula is C22H25F4N5O6. The monoisotopic (exact) mass is 531 g/mol. The summed E-state index contributed by atoms with van der Waals surface area (Å²) in [7, 11) is 0. The van der Waals surface area contributed by atoms with Crippen LogP contribution in [-0.2, 0) is 22.1 Å². The zero-order valence-electron chi connectivity index (χ0n) is 19.5. The number of alkyl halides is 4. The Labute approximate surface area is 207 Å². The van der Waals surface area contributed by atoms with Gasteiger partial charge in [0.15, 0.2) is 0 Å². The van der Waals surface area contributed by atoms with Gasteiger partial charge >= 0.3 is 6.18 Å². The second kappa shape index (κ2) is 11.6. The molecule has 15 heteroatoms. The zero-order chi connectivity index (χ0) is 27.3. The molecule has 1 saturated heterocycles. The third kappa shape index (κ3) is 6.80. The van der Waals surface area contributed by atoms with Crippen molar-refractivity contribution in [3.05, 3.63) is 51.6 Å². The maximum Gasteiger partial charge on any atom is 0.433 e. The Morgan fingerprint density at radius 3 is 2.57 bits per heavy atom. The van der Waals surface area contributed by atoms with E-state index in [1.807, 2.05) is 5.10 Å². The number of halogens is 4. The molecule has 5 N–H and O–H groups in total. The summed E-state index contributed by atoms with van der Waals surface area (Å²) >= 11 is 0. The van der Waals surface area contributed by atoms with Crippen molar-refractivity contribution in [1.82, 2.24) is 15.5 Å². The molecule has 0 spiro atoms. The van der Waals surface area contributed by atoms with Crippen molar-refractivity contribution in [2.45, 2.75) is 50.6 Å². The summed E-state index contributed by atoms with van der Waals surface area (Å²) in [4.78, 5) is 33.5. The van der Waals surface area contributed by atoms with E-state index in [9.17, 15) is 37.2 Å². The van der Waals surface area contributed by atoms with Crippen LogP contribution in [0.25, 0.3) is 0 Å². The first-order valence-corrected chi connectivity index (χ1v) is 11.2. The molecule has 37 heavy (non-hydrogen) atoms. The van der Waals surface area contributed by atoms with E-state index in [-0.39, 0.29) is 24.9 Å². The van der Waals surface area contributed by atoms with E-state index in [2.05, 4.69) is 15.6 Å². The molecule has 1 aromatic carbocycles. The van der Waals surface area contributed by atoms with Gasteiger partial charge in [0.2, 0.25) is 18.1 Å². The van der Waals surface area contributed by atoms with Crippen LogP contribution in [-0.4, -0.2) is 64.9 Å². The number of amides is 2. The van der Waals surface area contributed by atoms with Crippen LogP contribution in [0.15, 0.2) is 29.4 Å². The topological polar surface area (TPSA) is 169 Å². The van der Waals surface area contributed by atoms with Crippen LogP contribution in [0.3, 0.4) is 0 Å². The van der Waals surface area contributed by atoms with Crippen LogP contribution in [0.4, 0.5) is 17.6 Å². The lowest BCUT2D eigenvalue weighted by atomic mass is 9.92. The molecule has 0 radical (unpaired) electrons. The van der Waals surface area contributed by atoms with Gasteiger partial charge < -0.3 is 25.6 Å². The minimum Gasteiger partial charge on any atom is -0.444 e. The van der Waals surface area contributed by atoms with Gasteiger partial charge in [-0.1, -0.05) is 24.2 Å². The summed E-state index contributed by atoms with van der Waals surface area (Å²) in [5.74, 6) is -2.68. The highest BCUT2D eigenvalue weighted by atomic mass is 19.4. The maximum atomic E-state index is 14.4. The summed E-state index contributed by atoms with van der Waals surface area (Å²) in [5, 5.41) is 20.9. The molecule has 3 rings (SSSR count). The molecule has 1 aliphatic heterocycles. The van der Waals surface area contributed by atoms with Gasteiger partial charge in [-0.2, -0.15) is 18.1 Å². The van der Waals surface area contributed by atoms with Gasteiger partial charge in [0.05, 0.1) is 5.56 Å². The van der Waals surface area contributed by atoms with Gasteiger partial charge in [0, 0.05) is 30.9 Å². The largest absolute Gasteiger partial charge is 0.444 e. The smallest absolute Gasteiger partial charge is 0.433 e. The Morgan fingerprint density at radius 2 is 1.97 bits per heavy atom. The van der Waals surface area contributed by atoms with Gasteiger partial charge in [0.25, 0.3) is 5.91 Å². The number of hydrogen-bond donors (Lipinski definition) is 4. The minimum absolute atomic E-state index is 0.0290. The third-order valence-corrected chi connectivity index (χ3v) is 5.83. The molecule has 1 fully saturated rings. The quantitative estimate of drug-likeness (QED) is 0.268. The van der Waals surface area contributed by atoms with Crippen molar-refractivity contribution < 1.29 is 41.7 Å². The van der Waals surface area contributed by atoms with Crippen LogP contribution in [0, 0.1) is 10.8 Å². The third-order valence-electron chi connectivity index (χ3n) is 5.83. The number of nitroso groups, excluding NO2 is 1. The standard InChI is InChI=1S/C22H25F4N5O6/c1-10-16(23)14(9-29-35)36-21(17(10)33)37-20-13(18(30-31-20)22(24,25)26)8-11-2-4-12(5-3-11)19(34)28-7-6-15(27)32/h2-5,10,14,16-17,21,33H,6-9H2,1H3,(H2,27,32)(H,28,34)(H,30,31)/t10?,14?,16-,17+,21?/m0/s1. The molecule has 0 saturated carbocycles. The fourth-order valence-electron chi connectivity index (χ4n) is 3.75. The van der Waals surface area contributed by atoms with Gasteiger partial charge in [-0.05, 0) is 17.7 Å². The number of H-pyrrole nitrogens is 1. The lowest BCUT2D eigenvalue weighted by Crippen LogP contribution is -2.54. The maximum absolute atomic E-state index is 14.4. The Hall–Kier alpha value is -3.59. The van der Waals surface area contributed by atoms with Crippen LogP contribution >= 0.6 is 0 Å². The number of aliphatic hydroxyl groups is 1. The van der Waals surface area contributed by atoms with Crippen LogP contribution < -0.4 is 15.8 Å². The lowest BCUT2D eigenvalue weighted by molar-refractivity contribution is -0.240. The van der Waals surface area contributed by atoms with Crippen LogP contribution in [0.5, 0.6) is 5.88 Å². The number of nitrogens with zero attached hydrogens (tertiary/aromatic N) is 2. The highest BCUT2D eigenvalue weighted by Gasteiger charge is 2.46. The minimum atomic E-state index is -4.84. The molecule has 2 amide bonds. The highest BCUT2D eigenvalue weighted by molar-refractivity contribution is 5.94. The fourth-order valence-corrected chi connectivity index (χ4v) is 3.75. The average Bonchev–Trinajstić information content (AvgIpc) is 3.23. The van der Waals surface area contributed by atoms with Crippen molar-refractivity contribution in [1.29, 1.82) is 0 Å². The van der Waals surface area contributed by atoms with Crippen LogP contribution in [0.1, 0.15) is 40.5 Å². The predicted molar refractivity (Wildman–Crippen MR) is 119 cm³/mol. The number of primary amides is 1. The second-order valence-corrected chi connectivity index (χ2v) is 8.49. The van der Waals surface area contributed by atoms with E-state index in [4.69, 9.17) is 15.2 Å². The molecule has 1 aromatic heterocycles. The number of carbonyl (C=O) groups is 2. The number of hydrogen-bond acceptors (Lipinski definition) is 8. The second-order valence-electron chi connectivity index (χ2n) is 8.49. The highest BCUT2D eigenvalue weighted by Crippen LogP contribution is 2.37. The number of aromatic amines is 1. The Morgan fingerprint density at radius 1 is 1.30 bits per heavy atom. The number of nitrogens with one attached hydrogen (secondary N) is 2. The number of nitrogens with two attached hydrogens (primary N) is 1. The molecule has 11 nitrogen and oxygen atoms in total. The Kier molecular flexibility index (Phi) is 8.81. The van der Waals surface area contributed by atoms with Gasteiger partial charge in [-0.3, -0.25) is 14.7 Å². The Balaban J connectivity index is 1.81. The van der Waals surface area contributed by atoms with Crippen molar-refractivity contribution in [2.75, 3.05) is 13.1 Å². The SMILES string of the molecule is CC1[C@@H](O)C(Oc2n[nH]c(C(F)(F)F)c2Cc2ccc(C(=O)NCCC(N)=O)cc2)OC(CN=O)[C@H]1F. The number of benzene rings is 1. The molecule has 202 valence electrons. The summed E-state index contributed by atoms with van der Waals surface area (Å²) in [6, 6.07) is 5.62. The summed E-state index contributed by atoms with van der Waals surface area (Å²) in [6.45, 7) is 0.785. The van der Waals surface area contributed by atoms with Crippen molar-refractivity contribution >= 4 is 11.8 Å². The predicted octanol–water partition coefficient (Wildman–Crippen LogP) is 1.83. The van der Waals surface area contributed by atoms with Gasteiger partial charge in [0.1, 0.15) is 30.6 Å². The first-order valence-electron chi connectivity index (χ1n) is 11.2. The van der Waals surface area contributed by atoms with E-state index in [1.54, 1.807) is 0 Å². The molecule has 0 aliphatic carbocycles. The molecule has 2 heterocycles. The molecule has 3 unspecified atom stereocenters. The molecule has 2 aromatic rings. The van der Waals surface area contributed by atoms with E-state index < -0.39 is 72.3 Å². The zero-order valence-corrected chi connectivity index (χ0v) is 19.5. The molecule has 0 bridgehead atoms. The number of carbonyl (C=O) groups excluding carboxylic acids is 2. The number of aliphatic hydroxyl groups excluding tert-OH is 1. The van der Waals surface area contributed by atoms with Crippen molar-refractivity contribution in [3.8, 4) is 5.88 Å². The van der Waals surface area contributed by atoms with E-state index in [0.29, 0.717) is 5.56 Å². The molecule has 1 aliphatic rings. The first kappa shape index (κ1) is 28.0. The van der Waals surface area contributed by atoms with Gasteiger partial charge in [-0.25, -0.2) is 4.39 Å². The number of aromatic nitrogens is 2.